The van der Waals surface area contributed by atoms with Crippen LogP contribution in [-0.2, 0) is 30.9 Å². The number of carbonyl (C=O) groups excluding carboxylic acids is 1. The van der Waals surface area contributed by atoms with Gasteiger partial charge in [0.15, 0.2) is 5.79 Å². The Bertz CT molecular complexity index is 1610. The fourth-order valence-corrected chi connectivity index (χ4v) is 5.82. The second kappa shape index (κ2) is 14.5. The molecule has 2 unspecified atom stereocenters. The number of anilines is 1. The summed E-state index contributed by atoms with van der Waals surface area (Å²) in [7, 11) is 0. The van der Waals surface area contributed by atoms with Crippen LogP contribution in [0.15, 0.2) is 103 Å². The Morgan fingerprint density at radius 3 is 2.15 bits per heavy atom. The number of carbonyl (C=O) groups is 1. The lowest BCUT2D eigenvalue weighted by Gasteiger charge is -2.38. The number of amidine groups is 1. The summed E-state index contributed by atoms with van der Waals surface area (Å²) in [5, 5.41) is 18.7. The first-order valence-corrected chi connectivity index (χ1v) is 15.5. The summed E-state index contributed by atoms with van der Waals surface area (Å²) >= 11 is 0. The molecule has 0 saturated carbocycles. The number of nitrogen functional groups attached to an aromatic ring is 2. The number of rotatable bonds is 12. The van der Waals surface area contributed by atoms with Gasteiger partial charge in [0.2, 0.25) is 0 Å². The van der Waals surface area contributed by atoms with E-state index in [1.165, 1.54) is 0 Å². The smallest absolute Gasteiger partial charge is 0.320 e. The normalized spacial score (nSPS) is 17.1. The Balaban J connectivity index is 1.45. The van der Waals surface area contributed by atoms with Crippen LogP contribution >= 0.6 is 0 Å². The number of nitrogens with one attached hydrogen (secondary N) is 1. The summed E-state index contributed by atoms with van der Waals surface area (Å²) in [6.07, 6.45) is 0.627. The summed E-state index contributed by atoms with van der Waals surface area (Å²) in [6, 6.07) is 32.7. The van der Waals surface area contributed by atoms with Crippen molar-refractivity contribution in [3.05, 3.63) is 131 Å². The third-order valence-electron chi connectivity index (χ3n) is 8.06. The minimum atomic E-state index is -1.39. The Kier molecular flexibility index (Phi) is 10.2. The maximum Gasteiger partial charge on any atom is 0.320 e. The number of nitrogens with zero attached hydrogens (tertiary/aromatic N) is 2. The van der Waals surface area contributed by atoms with E-state index in [0.29, 0.717) is 50.3 Å². The van der Waals surface area contributed by atoms with Crippen LogP contribution in [0.1, 0.15) is 48.1 Å². The van der Waals surface area contributed by atoms with Gasteiger partial charge in [-0.2, -0.15) is 0 Å². The minimum Gasteiger partial charge on any atom is -0.489 e. The molecule has 240 valence electrons. The van der Waals surface area contributed by atoms with Crippen molar-refractivity contribution < 1.29 is 19.4 Å². The van der Waals surface area contributed by atoms with Crippen LogP contribution in [0.2, 0.25) is 0 Å². The molecule has 1 aliphatic rings. The van der Waals surface area contributed by atoms with Crippen molar-refractivity contribution in [2.75, 3.05) is 12.3 Å². The second-order valence-electron chi connectivity index (χ2n) is 12.2. The fraction of sp³-hybridized carbons (Fsp3) is 0.297. The largest absolute Gasteiger partial charge is 0.489 e. The van der Waals surface area contributed by atoms with E-state index in [2.05, 4.69) is 0 Å². The Morgan fingerprint density at radius 2 is 1.52 bits per heavy atom. The molecule has 9 nitrogen and oxygen atoms in total. The van der Waals surface area contributed by atoms with Crippen molar-refractivity contribution in [2.45, 2.75) is 64.3 Å². The van der Waals surface area contributed by atoms with Gasteiger partial charge >= 0.3 is 6.03 Å². The summed E-state index contributed by atoms with van der Waals surface area (Å²) in [5.41, 5.74) is 16.6. The number of ether oxygens (including phenoxy) is 2. The third-order valence-corrected chi connectivity index (χ3v) is 8.06. The summed E-state index contributed by atoms with van der Waals surface area (Å²) in [5.74, 6) is -0.778. The predicted molar refractivity (Wildman–Crippen MR) is 180 cm³/mol. The van der Waals surface area contributed by atoms with E-state index in [0.717, 1.165) is 28.0 Å². The summed E-state index contributed by atoms with van der Waals surface area (Å²) in [6.45, 7) is 4.74. The number of aliphatic hydroxyl groups is 1. The van der Waals surface area contributed by atoms with Gasteiger partial charge < -0.3 is 35.8 Å². The molecular weight excluding hydrogens is 578 g/mol. The maximum absolute atomic E-state index is 14.5. The van der Waals surface area contributed by atoms with Crippen molar-refractivity contribution in [1.82, 2.24) is 9.80 Å². The average molecular weight is 622 g/mol. The molecule has 0 radical (unpaired) electrons. The molecule has 1 aliphatic heterocycles. The van der Waals surface area contributed by atoms with Crippen molar-refractivity contribution >= 4 is 17.6 Å². The van der Waals surface area contributed by atoms with E-state index < -0.39 is 11.9 Å². The van der Waals surface area contributed by atoms with Crippen LogP contribution in [0, 0.1) is 5.41 Å². The molecule has 1 saturated heterocycles. The van der Waals surface area contributed by atoms with Crippen molar-refractivity contribution in [3.63, 3.8) is 0 Å². The lowest BCUT2D eigenvalue weighted by Crippen LogP contribution is -2.51. The summed E-state index contributed by atoms with van der Waals surface area (Å²) in [4.78, 5) is 18.1. The van der Waals surface area contributed by atoms with Crippen LogP contribution in [0.4, 0.5) is 10.5 Å². The van der Waals surface area contributed by atoms with Gasteiger partial charge in [-0.3, -0.25) is 5.41 Å². The van der Waals surface area contributed by atoms with Crippen molar-refractivity contribution in [1.29, 1.82) is 5.41 Å². The molecule has 2 atom stereocenters. The van der Waals surface area contributed by atoms with Crippen LogP contribution in [-0.4, -0.2) is 51.3 Å². The molecule has 9 heteroatoms. The van der Waals surface area contributed by atoms with E-state index in [4.69, 9.17) is 26.4 Å². The zero-order valence-electron chi connectivity index (χ0n) is 26.4. The van der Waals surface area contributed by atoms with E-state index in [1.54, 1.807) is 30.9 Å². The van der Waals surface area contributed by atoms with Gasteiger partial charge in [0.1, 0.15) is 18.2 Å². The highest BCUT2D eigenvalue weighted by molar-refractivity contribution is 6.00. The number of nitrogens with two attached hydrogens (primary N) is 2. The molecule has 1 heterocycles. The van der Waals surface area contributed by atoms with Gasteiger partial charge in [-0.05, 0) is 73.2 Å². The van der Waals surface area contributed by atoms with Gasteiger partial charge in [0, 0.05) is 30.9 Å². The molecule has 0 aromatic heterocycles. The standard InChI is InChI=1S/C37H43N5O4/c1-37(2,44)46-34-19-20-41(23-29-15-18-32(38)31(21-29)35(39)40)36(43)42(33(34)22-26-9-5-3-6-10-26)24-27-13-16-30(17-14-27)45-25-28-11-7-4-8-12-28/h3-18,21,33-34,44H,19-20,22-25,38H2,1-2H3,(H3,39,40). The first-order chi connectivity index (χ1) is 22.1. The number of urea groups is 1. The highest BCUT2D eigenvalue weighted by Gasteiger charge is 2.40. The molecule has 0 spiro atoms. The topological polar surface area (TPSA) is 138 Å². The number of benzene rings is 4. The van der Waals surface area contributed by atoms with Gasteiger partial charge in [0.05, 0.1) is 12.1 Å². The van der Waals surface area contributed by atoms with Crippen LogP contribution in [0.5, 0.6) is 5.75 Å². The molecular formula is C37H43N5O4. The molecule has 0 bridgehead atoms. The molecule has 1 fully saturated rings. The lowest BCUT2D eigenvalue weighted by molar-refractivity contribution is -0.216. The molecule has 0 aliphatic carbocycles. The van der Waals surface area contributed by atoms with E-state index in [1.807, 2.05) is 95.9 Å². The first-order valence-electron chi connectivity index (χ1n) is 15.5. The lowest BCUT2D eigenvalue weighted by atomic mass is 9.97. The van der Waals surface area contributed by atoms with E-state index in [-0.39, 0.29) is 17.9 Å². The molecule has 6 N–H and O–H groups in total. The highest BCUT2D eigenvalue weighted by Crippen LogP contribution is 2.29. The summed E-state index contributed by atoms with van der Waals surface area (Å²) < 4.78 is 12.3. The Morgan fingerprint density at radius 1 is 0.891 bits per heavy atom. The molecule has 4 aromatic rings. The first kappa shape index (κ1) is 32.5. The van der Waals surface area contributed by atoms with Gasteiger partial charge in [-0.1, -0.05) is 78.9 Å². The monoisotopic (exact) mass is 621 g/mol. The molecule has 46 heavy (non-hydrogen) atoms. The highest BCUT2D eigenvalue weighted by atomic mass is 16.6. The fourth-order valence-electron chi connectivity index (χ4n) is 5.82. The third kappa shape index (κ3) is 8.65. The molecule has 2 amide bonds. The number of hydrogen-bond acceptors (Lipinski definition) is 6. The Hall–Kier alpha value is -4.86. The van der Waals surface area contributed by atoms with Crippen LogP contribution in [0.3, 0.4) is 0 Å². The second-order valence-corrected chi connectivity index (χ2v) is 12.2. The van der Waals surface area contributed by atoms with Gasteiger partial charge in [-0.25, -0.2) is 4.79 Å². The van der Waals surface area contributed by atoms with E-state index in [9.17, 15) is 9.90 Å². The van der Waals surface area contributed by atoms with Crippen LogP contribution < -0.4 is 16.2 Å². The number of amides is 2. The minimum absolute atomic E-state index is 0.124. The quantitative estimate of drug-likeness (QED) is 0.0695. The van der Waals surface area contributed by atoms with Gasteiger partial charge in [0.25, 0.3) is 0 Å². The number of hydrogen-bond donors (Lipinski definition) is 4. The Labute approximate surface area is 270 Å². The van der Waals surface area contributed by atoms with Gasteiger partial charge in [-0.15, -0.1) is 0 Å². The zero-order chi connectivity index (χ0) is 32.7. The zero-order valence-corrected chi connectivity index (χ0v) is 26.4. The van der Waals surface area contributed by atoms with E-state index >= 15 is 0 Å². The van der Waals surface area contributed by atoms with Crippen molar-refractivity contribution in [2.24, 2.45) is 5.73 Å². The maximum atomic E-state index is 14.5. The SMILES string of the molecule is CC(C)(O)OC1CCN(Cc2ccc(N)c(C(=N)N)c2)C(=O)N(Cc2ccc(OCc3ccccc3)cc2)C1Cc1ccccc1. The molecule has 5 rings (SSSR count). The van der Waals surface area contributed by atoms with Crippen molar-refractivity contribution in [3.8, 4) is 5.75 Å². The van der Waals surface area contributed by atoms with Crippen LogP contribution in [0.25, 0.3) is 0 Å². The average Bonchev–Trinajstić information content (AvgIpc) is 3.14. The predicted octanol–water partition coefficient (Wildman–Crippen LogP) is 5.68. The molecule has 4 aromatic carbocycles.